The Bertz CT molecular complexity index is 1350. The van der Waals surface area contributed by atoms with Gasteiger partial charge >= 0.3 is 0 Å². The summed E-state index contributed by atoms with van der Waals surface area (Å²) in [5, 5.41) is 4.51. The molecule has 0 saturated carbocycles. The minimum atomic E-state index is -0.291. The predicted molar refractivity (Wildman–Crippen MR) is 128 cm³/mol. The minimum absolute atomic E-state index is 0.291. The molecule has 9 heteroatoms. The lowest BCUT2D eigenvalue weighted by Gasteiger charge is -2.28. The van der Waals surface area contributed by atoms with Crippen molar-refractivity contribution in [1.82, 2.24) is 25.2 Å². The van der Waals surface area contributed by atoms with Crippen molar-refractivity contribution >= 4 is 38.3 Å². The number of rotatable bonds is 4. The van der Waals surface area contributed by atoms with Crippen LogP contribution in [0.2, 0.25) is 0 Å². The van der Waals surface area contributed by atoms with E-state index in [0.29, 0.717) is 31.1 Å². The monoisotopic (exact) mass is 464 g/mol. The van der Waals surface area contributed by atoms with Crippen molar-refractivity contribution in [1.29, 1.82) is 0 Å². The van der Waals surface area contributed by atoms with Gasteiger partial charge in [-0.15, -0.1) is 11.3 Å². The molecule has 1 aromatic carbocycles. The third-order valence-electron chi connectivity index (χ3n) is 7.12. The molecule has 3 fully saturated rings. The highest BCUT2D eigenvalue weighted by Crippen LogP contribution is 2.37. The maximum Gasteiger partial charge on any atom is 0.163 e. The van der Waals surface area contributed by atoms with Crippen LogP contribution in [0.4, 0.5) is 10.2 Å². The number of aromatic nitrogens is 3. The third kappa shape index (κ3) is 3.42. The fourth-order valence-electron chi connectivity index (χ4n) is 5.51. The zero-order valence-electron chi connectivity index (χ0n) is 18.2. The van der Waals surface area contributed by atoms with Gasteiger partial charge in [-0.3, -0.25) is 4.90 Å². The van der Waals surface area contributed by atoms with Gasteiger partial charge in [-0.25, -0.2) is 14.4 Å². The minimum Gasteiger partial charge on any atom is -0.378 e. The molecule has 2 bridgehead atoms. The summed E-state index contributed by atoms with van der Waals surface area (Å²) in [7, 11) is 0. The number of likely N-dealkylation sites (tertiary alicyclic amines) is 1. The van der Waals surface area contributed by atoms with Crippen LogP contribution in [-0.4, -0.2) is 71.3 Å². The first-order chi connectivity index (χ1) is 16.2. The van der Waals surface area contributed by atoms with Gasteiger partial charge < -0.3 is 19.9 Å². The Labute approximate surface area is 194 Å². The van der Waals surface area contributed by atoms with E-state index < -0.39 is 0 Å². The second-order valence-electron chi connectivity index (χ2n) is 9.21. The predicted octanol–water partition coefficient (Wildman–Crippen LogP) is 3.36. The van der Waals surface area contributed by atoms with Crippen LogP contribution in [0, 0.1) is 5.82 Å². The summed E-state index contributed by atoms with van der Waals surface area (Å²) in [4.78, 5) is 19.3. The van der Waals surface area contributed by atoms with Gasteiger partial charge in [0.05, 0.1) is 23.4 Å². The molecule has 7 nitrogen and oxygen atoms in total. The highest BCUT2D eigenvalue weighted by Gasteiger charge is 2.37. The summed E-state index contributed by atoms with van der Waals surface area (Å²) in [5.74, 6) is 1.22. The van der Waals surface area contributed by atoms with E-state index >= 15 is 0 Å². The van der Waals surface area contributed by atoms with E-state index in [1.54, 1.807) is 17.4 Å². The zero-order chi connectivity index (χ0) is 21.9. The van der Waals surface area contributed by atoms with Crippen LogP contribution in [0.3, 0.4) is 0 Å². The molecule has 0 unspecified atom stereocenters. The molecule has 3 aliphatic heterocycles. The molecule has 2 N–H and O–H groups in total. The van der Waals surface area contributed by atoms with Crippen molar-refractivity contribution in [2.24, 2.45) is 0 Å². The second kappa shape index (κ2) is 7.73. The lowest BCUT2D eigenvalue weighted by Crippen LogP contribution is -2.42. The molecule has 0 amide bonds. The number of aromatic amines is 1. The van der Waals surface area contributed by atoms with Gasteiger partial charge in [0.2, 0.25) is 0 Å². The van der Waals surface area contributed by atoms with Crippen LogP contribution >= 0.6 is 11.3 Å². The van der Waals surface area contributed by atoms with E-state index in [0.717, 1.165) is 65.2 Å². The Balaban J connectivity index is 1.34. The van der Waals surface area contributed by atoms with Crippen molar-refractivity contribution in [3.8, 4) is 11.4 Å². The van der Waals surface area contributed by atoms with Gasteiger partial charge in [0, 0.05) is 72.3 Å². The van der Waals surface area contributed by atoms with Crippen LogP contribution in [0.5, 0.6) is 0 Å². The number of piperazine rings is 1. The van der Waals surface area contributed by atoms with Crippen LogP contribution < -0.4 is 10.2 Å². The summed E-state index contributed by atoms with van der Waals surface area (Å²) < 4.78 is 21.1. The molecular formula is C24H25FN6OS. The summed E-state index contributed by atoms with van der Waals surface area (Å²) in [6.45, 7) is 6.11. The number of halogens is 1. The second-order valence-corrected chi connectivity index (χ2v) is 10.4. The zero-order valence-corrected chi connectivity index (χ0v) is 19.0. The fraction of sp³-hybridized carbons (Fsp3) is 0.417. The van der Waals surface area contributed by atoms with Gasteiger partial charge in [0.25, 0.3) is 0 Å². The Kier molecular flexibility index (Phi) is 4.65. The number of hydrogen-bond donors (Lipinski definition) is 2. The smallest absolute Gasteiger partial charge is 0.163 e. The van der Waals surface area contributed by atoms with Crippen molar-refractivity contribution in [3.63, 3.8) is 0 Å². The third-order valence-corrected chi connectivity index (χ3v) is 8.22. The molecule has 2 atom stereocenters. The average Bonchev–Trinajstić information content (AvgIpc) is 3.62. The molecule has 4 aromatic rings. The lowest BCUT2D eigenvalue weighted by molar-refractivity contribution is 0.122. The summed E-state index contributed by atoms with van der Waals surface area (Å²) in [6.07, 6.45) is 3.08. The first kappa shape index (κ1) is 19.8. The molecule has 0 radical (unpaired) electrons. The van der Waals surface area contributed by atoms with Crippen LogP contribution in [0.15, 0.2) is 30.5 Å². The van der Waals surface area contributed by atoms with E-state index in [1.807, 2.05) is 12.3 Å². The van der Waals surface area contributed by atoms with Crippen molar-refractivity contribution in [2.75, 3.05) is 44.3 Å². The topological polar surface area (TPSA) is 69.3 Å². The number of nitrogens with one attached hydrogen (secondary N) is 2. The van der Waals surface area contributed by atoms with Crippen LogP contribution in [0.1, 0.15) is 11.3 Å². The number of morpholine rings is 1. The summed E-state index contributed by atoms with van der Waals surface area (Å²) in [5.41, 5.74) is 2.42. The Morgan fingerprint density at radius 1 is 1.18 bits per heavy atom. The highest BCUT2D eigenvalue weighted by molar-refractivity contribution is 7.19. The number of ether oxygens (including phenoxy) is 1. The number of thiophene rings is 1. The van der Waals surface area contributed by atoms with Crippen molar-refractivity contribution in [3.05, 3.63) is 41.2 Å². The maximum absolute atomic E-state index is 14.4. The lowest BCUT2D eigenvalue weighted by atomic mass is 10.1. The number of hydrogen-bond acceptors (Lipinski definition) is 7. The molecule has 33 heavy (non-hydrogen) atoms. The molecule has 170 valence electrons. The molecule has 3 saturated heterocycles. The van der Waals surface area contributed by atoms with Gasteiger partial charge in [-0.05, 0) is 30.7 Å². The molecule has 7 rings (SSSR count). The number of anilines is 1. The van der Waals surface area contributed by atoms with Crippen LogP contribution in [0.25, 0.3) is 32.5 Å². The summed E-state index contributed by atoms with van der Waals surface area (Å²) in [6, 6.07) is 8.50. The SMILES string of the molecule is Fc1cc(-c2nc(N3CCOCC3)c3sc(CN4C[C@H]5C[C@@H]4CN5)cc3n2)c2cc[nH]c2c1. The first-order valence-corrected chi connectivity index (χ1v) is 12.4. The number of H-pyrrole nitrogens is 1. The van der Waals surface area contributed by atoms with E-state index in [-0.39, 0.29) is 5.82 Å². The van der Waals surface area contributed by atoms with Crippen molar-refractivity contribution in [2.45, 2.75) is 25.0 Å². The van der Waals surface area contributed by atoms with E-state index in [1.165, 1.54) is 17.4 Å². The standard InChI is InChI=1S/C24H25FN6OS/c25-14-7-19(18-1-2-26-20(18)8-14)23-28-21-10-17(13-31-12-15-9-16(31)11-27-15)33-22(21)24(29-23)30-3-5-32-6-4-30/h1-2,7-8,10,15-16,26-27H,3-6,9,11-13H2/t15-,16-/m1/s1. The average molecular weight is 465 g/mol. The molecule has 0 spiro atoms. The fourth-order valence-corrected chi connectivity index (χ4v) is 6.65. The van der Waals surface area contributed by atoms with E-state index in [2.05, 4.69) is 26.2 Å². The Hall–Kier alpha value is -2.59. The molecule has 0 aliphatic carbocycles. The van der Waals surface area contributed by atoms with E-state index in [4.69, 9.17) is 14.7 Å². The molecule has 3 aromatic heterocycles. The van der Waals surface area contributed by atoms with Gasteiger partial charge in [-0.2, -0.15) is 0 Å². The molecule has 3 aliphatic rings. The Morgan fingerprint density at radius 2 is 2.09 bits per heavy atom. The van der Waals surface area contributed by atoms with Gasteiger partial charge in [-0.1, -0.05) is 0 Å². The highest BCUT2D eigenvalue weighted by atomic mass is 32.1. The Morgan fingerprint density at radius 3 is 2.91 bits per heavy atom. The number of nitrogens with zero attached hydrogens (tertiary/aromatic N) is 4. The molecule has 6 heterocycles. The van der Waals surface area contributed by atoms with E-state index in [9.17, 15) is 4.39 Å². The van der Waals surface area contributed by atoms with Crippen LogP contribution in [-0.2, 0) is 11.3 Å². The van der Waals surface area contributed by atoms with Crippen molar-refractivity contribution < 1.29 is 9.13 Å². The quantitative estimate of drug-likeness (QED) is 0.483. The number of fused-ring (bicyclic) bond motifs is 4. The van der Waals surface area contributed by atoms with Gasteiger partial charge in [0.1, 0.15) is 5.82 Å². The maximum atomic E-state index is 14.4. The summed E-state index contributed by atoms with van der Waals surface area (Å²) >= 11 is 1.79. The largest absolute Gasteiger partial charge is 0.378 e. The normalized spacial score (nSPS) is 23.4. The number of benzene rings is 1. The van der Waals surface area contributed by atoms with Gasteiger partial charge in [0.15, 0.2) is 11.6 Å². The first-order valence-electron chi connectivity index (χ1n) is 11.6. The molecular weight excluding hydrogens is 439 g/mol.